The zero-order valence-corrected chi connectivity index (χ0v) is 20.8. The van der Waals surface area contributed by atoms with Crippen molar-refractivity contribution in [2.75, 3.05) is 26.2 Å². The number of hydrogen-bond acceptors (Lipinski definition) is 5. The summed E-state index contributed by atoms with van der Waals surface area (Å²) in [5.41, 5.74) is 6.78. The first-order chi connectivity index (χ1) is 15.4. The van der Waals surface area contributed by atoms with Crippen LogP contribution in [0.1, 0.15) is 48.2 Å². The second-order valence-corrected chi connectivity index (χ2v) is 13.4. The molecule has 0 spiro atoms. The number of piperidine rings is 1. The predicted molar refractivity (Wildman–Crippen MR) is 126 cm³/mol. The number of Topliss-reactive ketones (excluding diaryl/α,β-unsaturated/α-hetero) is 1. The quantitative estimate of drug-likeness (QED) is 0.253. The van der Waals surface area contributed by atoms with E-state index in [0.717, 1.165) is 61.3 Å². The molecule has 170 valence electrons. The van der Waals surface area contributed by atoms with Gasteiger partial charge >= 0.3 is 155 Å². The van der Waals surface area contributed by atoms with Gasteiger partial charge < -0.3 is 4.52 Å². The van der Waals surface area contributed by atoms with Crippen LogP contribution in [-0.4, -0.2) is 56.7 Å². The number of rotatable bonds is 8. The van der Waals surface area contributed by atoms with Crippen molar-refractivity contribution >= 4 is 35.8 Å². The van der Waals surface area contributed by atoms with Crippen LogP contribution in [-0.2, 0) is 0 Å². The van der Waals surface area contributed by atoms with E-state index in [1.165, 1.54) is 16.5 Å². The Morgan fingerprint density at radius 2 is 2.00 bits per heavy atom. The van der Waals surface area contributed by atoms with Gasteiger partial charge in [0.1, 0.15) is 5.82 Å². The second kappa shape index (κ2) is 10.2. The van der Waals surface area contributed by atoms with E-state index >= 15 is 0 Å². The summed E-state index contributed by atoms with van der Waals surface area (Å²) in [5.74, 6) is 1.10. The Balaban J connectivity index is 1.26. The fourth-order valence-corrected chi connectivity index (χ4v) is 6.38. The number of halogens is 1. The summed E-state index contributed by atoms with van der Waals surface area (Å²) in [6, 6.07) is 10.5. The van der Waals surface area contributed by atoms with Crippen LogP contribution in [0.15, 0.2) is 40.9 Å². The Hall–Kier alpha value is -2.17. The van der Waals surface area contributed by atoms with E-state index < -0.39 is 14.7 Å². The molecule has 4 rings (SSSR count). The van der Waals surface area contributed by atoms with Crippen molar-refractivity contribution in [2.24, 2.45) is 0 Å². The second-order valence-electron chi connectivity index (χ2n) is 8.66. The van der Waals surface area contributed by atoms with Crippen LogP contribution in [0.2, 0.25) is 11.4 Å². The number of ether oxygens (including phenoxy) is 1. The molecule has 0 aliphatic carbocycles. The average Bonchev–Trinajstić information content (AvgIpc) is 3.20. The first kappa shape index (κ1) is 23.0. The number of fused-ring (bicyclic) bond motifs is 1. The van der Waals surface area contributed by atoms with Gasteiger partial charge in [-0.1, -0.05) is 0 Å². The van der Waals surface area contributed by atoms with E-state index in [-0.39, 0.29) is 11.6 Å². The molecule has 0 bridgehead atoms. The van der Waals surface area contributed by atoms with Gasteiger partial charge in [-0.2, -0.15) is 0 Å². The minimum absolute atomic E-state index is 0.0998. The first-order valence-corrected chi connectivity index (χ1v) is 15.8. The Labute approximate surface area is 193 Å². The summed E-state index contributed by atoms with van der Waals surface area (Å²) < 4.78 is 26.1. The molecule has 32 heavy (non-hydrogen) atoms. The Morgan fingerprint density at radius 3 is 2.72 bits per heavy atom. The average molecular weight is 500 g/mol. The molecule has 7 heteroatoms. The van der Waals surface area contributed by atoms with Crippen LogP contribution < -0.4 is 9.09 Å². The van der Waals surface area contributed by atoms with E-state index in [4.69, 9.17) is 9.26 Å². The topological polar surface area (TPSA) is 55.6 Å². The van der Waals surface area contributed by atoms with E-state index in [2.05, 4.69) is 21.5 Å². The number of likely N-dealkylation sites (tertiary alicyclic amines) is 1. The van der Waals surface area contributed by atoms with Gasteiger partial charge in [0.2, 0.25) is 0 Å². The molecule has 0 unspecified atom stereocenters. The molecule has 1 aliphatic rings. The zero-order valence-electron chi connectivity index (χ0n) is 18.9. The maximum absolute atomic E-state index is 13.4. The minimum atomic E-state index is -1.16. The van der Waals surface area contributed by atoms with Gasteiger partial charge in [0, 0.05) is 6.07 Å². The molecule has 5 nitrogen and oxygen atoms in total. The number of benzene rings is 2. The predicted octanol–water partition coefficient (Wildman–Crippen LogP) is 4.78. The normalized spacial score (nSPS) is 15.5. The van der Waals surface area contributed by atoms with E-state index in [1.807, 2.05) is 18.2 Å². The molecular weight excluding hydrogens is 470 g/mol. The Bertz CT molecular complexity index is 1090. The van der Waals surface area contributed by atoms with Crippen molar-refractivity contribution in [1.82, 2.24) is 10.1 Å². The van der Waals surface area contributed by atoms with E-state index in [9.17, 15) is 9.18 Å². The molecule has 1 aliphatic heterocycles. The third-order valence-electron chi connectivity index (χ3n) is 6.16. The van der Waals surface area contributed by atoms with E-state index in [1.54, 1.807) is 13.0 Å². The Morgan fingerprint density at radius 1 is 1.22 bits per heavy atom. The molecule has 0 amide bonds. The third-order valence-corrected chi connectivity index (χ3v) is 8.91. The van der Waals surface area contributed by atoms with Crippen molar-refractivity contribution in [3.63, 3.8) is 0 Å². The summed E-state index contributed by atoms with van der Waals surface area (Å²) in [6.45, 7) is 5.30. The number of hydrogen-bond donors (Lipinski definition) is 0. The van der Waals surface area contributed by atoms with Gasteiger partial charge in [0.05, 0.1) is 0 Å². The monoisotopic (exact) mass is 500 g/mol. The van der Waals surface area contributed by atoms with Crippen LogP contribution in [0.25, 0.3) is 11.0 Å². The summed E-state index contributed by atoms with van der Waals surface area (Å²) in [6.07, 6.45) is 3.01. The molecule has 3 aromatic rings. The summed E-state index contributed by atoms with van der Waals surface area (Å²) >= 11 is -1.16. The van der Waals surface area contributed by atoms with Crippen LogP contribution in [0.3, 0.4) is 0 Å². The van der Waals surface area contributed by atoms with Gasteiger partial charge in [-0.3, -0.25) is 0 Å². The number of carbonyl (C=O) groups is 1. The van der Waals surface area contributed by atoms with Crippen molar-refractivity contribution in [1.29, 1.82) is 0 Å². The molecule has 1 aromatic heterocycles. The summed E-state index contributed by atoms with van der Waals surface area (Å²) in [4.78, 5) is 14.2. The molecular formula is C25H30AsFN2O3. The summed E-state index contributed by atoms with van der Waals surface area (Å²) in [5, 5.41) is 5.17. The molecule has 0 radical (unpaired) electrons. The van der Waals surface area contributed by atoms with Gasteiger partial charge in [-0.15, -0.1) is 0 Å². The van der Waals surface area contributed by atoms with Gasteiger partial charge in [0.15, 0.2) is 5.58 Å². The van der Waals surface area contributed by atoms with Gasteiger partial charge in [-0.25, -0.2) is 4.39 Å². The van der Waals surface area contributed by atoms with Crippen LogP contribution >= 0.6 is 0 Å². The fourth-order valence-electron chi connectivity index (χ4n) is 4.33. The van der Waals surface area contributed by atoms with Crippen LogP contribution in [0.4, 0.5) is 4.39 Å². The molecule has 2 aromatic carbocycles. The first-order valence-electron chi connectivity index (χ1n) is 11.1. The number of nitrogens with zero attached hydrogens (tertiary/aromatic N) is 2. The van der Waals surface area contributed by atoms with Crippen molar-refractivity contribution < 1.29 is 18.4 Å². The maximum atomic E-state index is 13.4. The number of carbonyl (C=O) groups excluding carboxylic acids is 1. The molecule has 1 fully saturated rings. The van der Waals surface area contributed by atoms with Gasteiger partial charge in [-0.05, 0) is 12.1 Å². The third kappa shape index (κ3) is 5.24. The van der Waals surface area contributed by atoms with Crippen LogP contribution in [0.5, 0.6) is 5.75 Å². The SMILES string of the molecule is CC(=O)c1ccc(OCCCN2CCC(c3noc4cc(F)ccc34)CC2)c([As](C)C)c1. The molecule has 0 N–H and O–H groups in total. The van der Waals surface area contributed by atoms with Crippen molar-refractivity contribution in [2.45, 2.75) is 43.5 Å². The van der Waals surface area contributed by atoms with Gasteiger partial charge in [0.25, 0.3) is 0 Å². The molecule has 1 saturated heterocycles. The number of aromatic nitrogens is 1. The van der Waals surface area contributed by atoms with Crippen molar-refractivity contribution in [3.05, 3.63) is 53.5 Å². The standard InChI is InChI=1S/C25H30AsFN2O3/c1-17(30)19-5-8-23(22(15-19)26(2)3)31-14-4-11-29-12-9-18(10-13-29)25-21-7-6-20(27)16-24(21)32-28-25/h5-8,15-16,18H,4,9-14H2,1-3H3. The van der Waals surface area contributed by atoms with Crippen molar-refractivity contribution in [3.8, 4) is 5.75 Å². The fraction of sp³-hybridized carbons (Fsp3) is 0.440. The van der Waals surface area contributed by atoms with Crippen LogP contribution in [0, 0.1) is 5.82 Å². The zero-order chi connectivity index (χ0) is 22.7. The molecule has 0 saturated carbocycles. The molecule has 2 heterocycles. The number of ketones is 1. The summed E-state index contributed by atoms with van der Waals surface area (Å²) in [7, 11) is 0. The van der Waals surface area contributed by atoms with E-state index in [0.29, 0.717) is 18.1 Å². The molecule has 0 atom stereocenters. The Kier molecular flexibility index (Phi) is 7.32.